The Morgan fingerprint density at radius 3 is 2.95 bits per heavy atom. The van der Waals surface area contributed by atoms with Gasteiger partial charge in [0.05, 0.1) is 6.61 Å². The van der Waals surface area contributed by atoms with Gasteiger partial charge in [0.25, 0.3) is 6.01 Å². The van der Waals surface area contributed by atoms with Crippen molar-refractivity contribution in [3.63, 3.8) is 0 Å². The first-order chi connectivity index (χ1) is 9.10. The van der Waals surface area contributed by atoms with Crippen LogP contribution in [0.4, 0.5) is 6.01 Å². The maximum Gasteiger partial charge on any atom is 0.298 e. The Kier molecular flexibility index (Phi) is 4.39. The van der Waals surface area contributed by atoms with Gasteiger partial charge in [-0.1, -0.05) is 11.6 Å². The molecule has 0 unspecified atom stereocenters. The summed E-state index contributed by atoms with van der Waals surface area (Å²) in [7, 11) is 0. The molecule has 0 atom stereocenters. The highest BCUT2D eigenvalue weighted by atomic mass is 35.5. The maximum atomic E-state index is 11.0. The standard InChI is InChI=1S/C13H15ClN2O3/c1-9(18)4-5-16(6-7-17)13-15-11-8-10(14)2-3-12(11)19-13/h2-3,8,17H,4-7H2,1H3. The number of nitrogens with zero attached hydrogens (tertiary/aromatic N) is 2. The Balaban J connectivity index is 2.25. The van der Waals surface area contributed by atoms with E-state index in [1.54, 1.807) is 23.1 Å². The number of rotatable bonds is 6. The molecule has 0 saturated heterocycles. The summed E-state index contributed by atoms with van der Waals surface area (Å²) in [5.74, 6) is 0.0853. The van der Waals surface area contributed by atoms with Gasteiger partial charge in [0.15, 0.2) is 5.58 Å². The third kappa shape index (κ3) is 3.45. The van der Waals surface area contributed by atoms with E-state index in [4.69, 9.17) is 21.1 Å². The third-order valence-corrected chi connectivity index (χ3v) is 2.95. The van der Waals surface area contributed by atoms with Gasteiger partial charge in [-0.3, -0.25) is 4.79 Å². The van der Waals surface area contributed by atoms with Gasteiger partial charge in [-0.2, -0.15) is 4.98 Å². The lowest BCUT2D eigenvalue weighted by molar-refractivity contribution is -0.116. The summed E-state index contributed by atoms with van der Waals surface area (Å²) in [5.41, 5.74) is 1.29. The average molecular weight is 283 g/mol. The predicted octanol–water partition coefficient (Wildman–Crippen LogP) is 2.26. The monoisotopic (exact) mass is 282 g/mol. The predicted molar refractivity (Wildman–Crippen MR) is 73.6 cm³/mol. The first kappa shape index (κ1) is 13.8. The van der Waals surface area contributed by atoms with Crippen molar-refractivity contribution < 1.29 is 14.3 Å². The highest BCUT2D eigenvalue weighted by molar-refractivity contribution is 6.31. The highest BCUT2D eigenvalue weighted by Gasteiger charge is 2.14. The van der Waals surface area contributed by atoms with Crippen molar-refractivity contribution >= 4 is 34.5 Å². The van der Waals surface area contributed by atoms with Crippen LogP contribution in [0.2, 0.25) is 5.02 Å². The molecule has 0 aliphatic carbocycles. The number of hydrogen-bond acceptors (Lipinski definition) is 5. The van der Waals surface area contributed by atoms with Crippen LogP contribution in [0.3, 0.4) is 0 Å². The summed E-state index contributed by atoms with van der Waals surface area (Å²) >= 11 is 5.89. The third-order valence-electron chi connectivity index (χ3n) is 2.71. The SMILES string of the molecule is CC(=O)CCN(CCO)c1nc2cc(Cl)ccc2o1. The minimum absolute atomic E-state index is 0.0304. The molecule has 0 saturated carbocycles. The minimum Gasteiger partial charge on any atom is -0.423 e. The second kappa shape index (κ2) is 6.04. The topological polar surface area (TPSA) is 66.6 Å². The van der Waals surface area contributed by atoms with E-state index in [-0.39, 0.29) is 12.4 Å². The van der Waals surface area contributed by atoms with Crippen molar-refractivity contribution in [1.29, 1.82) is 0 Å². The Morgan fingerprint density at radius 1 is 1.47 bits per heavy atom. The zero-order chi connectivity index (χ0) is 13.8. The van der Waals surface area contributed by atoms with Crippen LogP contribution in [0.15, 0.2) is 22.6 Å². The zero-order valence-electron chi connectivity index (χ0n) is 10.6. The van der Waals surface area contributed by atoms with E-state index in [0.29, 0.717) is 41.6 Å². The average Bonchev–Trinajstić information content (AvgIpc) is 2.76. The number of anilines is 1. The second-order valence-corrected chi connectivity index (χ2v) is 4.71. The Bertz CT molecular complexity index is 582. The molecule has 1 heterocycles. The van der Waals surface area contributed by atoms with Crippen molar-refractivity contribution in [3.05, 3.63) is 23.2 Å². The Hall–Kier alpha value is -1.59. The zero-order valence-corrected chi connectivity index (χ0v) is 11.4. The molecule has 1 aromatic carbocycles. The number of oxazole rings is 1. The lowest BCUT2D eigenvalue weighted by Crippen LogP contribution is -2.29. The van der Waals surface area contributed by atoms with Gasteiger partial charge in [-0.05, 0) is 25.1 Å². The molecule has 2 rings (SSSR count). The first-order valence-corrected chi connectivity index (χ1v) is 6.39. The number of hydrogen-bond donors (Lipinski definition) is 1. The molecule has 0 aliphatic rings. The molecule has 102 valence electrons. The number of aliphatic hydroxyl groups is 1. The van der Waals surface area contributed by atoms with Crippen molar-refractivity contribution in [2.45, 2.75) is 13.3 Å². The van der Waals surface area contributed by atoms with E-state index >= 15 is 0 Å². The quantitative estimate of drug-likeness (QED) is 0.880. The molecule has 0 spiro atoms. The van der Waals surface area contributed by atoms with Gasteiger partial charge < -0.3 is 14.4 Å². The van der Waals surface area contributed by atoms with Crippen molar-refractivity contribution in [3.8, 4) is 0 Å². The van der Waals surface area contributed by atoms with E-state index in [2.05, 4.69) is 4.98 Å². The number of carbonyl (C=O) groups excluding carboxylic acids is 1. The molecule has 0 aliphatic heterocycles. The molecule has 0 radical (unpaired) electrons. The van der Waals surface area contributed by atoms with Crippen molar-refractivity contribution in [2.75, 3.05) is 24.6 Å². The maximum absolute atomic E-state index is 11.0. The summed E-state index contributed by atoms with van der Waals surface area (Å²) in [6.45, 7) is 2.34. The van der Waals surface area contributed by atoms with Gasteiger partial charge in [-0.25, -0.2) is 0 Å². The Labute approximate surface area is 115 Å². The summed E-state index contributed by atoms with van der Waals surface area (Å²) in [5, 5.41) is 9.65. The largest absolute Gasteiger partial charge is 0.423 e. The highest BCUT2D eigenvalue weighted by Crippen LogP contribution is 2.24. The van der Waals surface area contributed by atoms with Crippen LogP contribution in [0.1, 0.15) is 13.3 Å². The lowest BCUT2D eigenvalue weighted by Gasteiger charge is -2.18. The molecule has 19 heavy (non-hydrogen) atoms. The van der Waals surface area contributed by atoms with E-state index in [1.165, 1.54) is 6.92 Å². The van der Waals surface area contributed by atoms with Gasteiger partial charge in [-0.15, -0.1) is 0 Å². The first-order valence-electron chi connectivity index (χ1n) is 6.01. The van der Waals surface area contributed by atoms with Crippen LogP contribution in [0.25, 0.3) is 11.1 Å². The van der Waals surface area contributed by atoms with Crippen molar-refractivity contribution in [2.24, 2.45) is 0 Å². The van der Waals surface area contributed by atoms with E-state index in [9.17, 15) is 4.79 Å². The van der Waals surface area contributed by atoms with E-state index in [0.717, 1.165) is 0 Å². The number of halogens is 1. The molecule has 0 bridgehead atoms. The summed E-state index contributed by atoms with van der Waals surface area (Å²) in [6, 6.07) is 5.58. The molecular formula is C13H15ClN2O3. The van der Waals surface area contributed by atoms with Gasteiger partial charge in [0, 0.05) is 24.5 Å². The molecular weight excluding hydrogens is 268 g/mol. The number of ketones is 1. The van der Waals surface area contributed by atoms with E-state index < -0.39 is 0 Å². The molecule has 1 N–H and O–H groups in total. The Morgan fingerprint density at radius 2 is 2.26 bits per heavy atom. The number of fused-ring (bicyclic) bond motifs is 1. The fraction of sp³-hybridized carbons (Fsp3) is 0.385. The molecule has 2 aromatic rings. The van der Waals surface area contributed by atoms with Crippen LogP contribution >= 0.6 is 11.6 Å². The number of carbonyl (C=O) groups is 1. The fourth-order valence-electron chi connectivity index (χ4n) is 1.74. The van der Waals surface area contributed by atoms with Crippen LogP contribution in [-0.2, 0) is 4.79 Å². The number of benzene rings is 1. The summed E-state index contributed by atoms with van der Waals surface area (Å²) in [6.07, 6.45) is 0.388. The summed E-state index contributed by atoms with van der Waals surface area (Å²) in [4.78, 5) is 17.1. The van der Waals surface area contributed by atoms with Crippen LogP contribution < -0.4 is 4.90 Å². The minimum atomic E-state index is -0.0304. The molecule has 1 aromatic heterocycles. The van der Waals surface area contributed by atoms with Crippen LogP contribution in [0.5, 0.6) is 0 Å². The fourth-order valence-corrected chi connectivity index (χ4v) is 1.91. The molecule has 6 heteroatoms. The normalized spacial score (nSPS) is 10.9. The van der Waals surface area contributed by atoms with Crippen LogP contribution in [0, 0.1) is 0 Å². The van der Waals surface area contributed by atoms with Crippen LogP contribution in [-0.4, -0.2) is 35.6 Å². The van der Waals surface area contributed by atoms with Gasteiger partial charge in [0.1, 0.15) is 11.3 Å². The summed E-state index contributed by atoms with van der Waals surface area (Å²) < 4.78 is 5.60. The van der Waals surface area contributed by atoms with Gasteiger partial charge >= 0.3 is 0 Å². The van der Waals surface area contributed by atoms with E-state index in [1.807, 2.05) is 0 Å². The van der Waals surface area contributed by atoms with Gasteiger partial charge in [0.2, 0.25) is 0 Å². The number of aromatic nitrogens is 1. The second-order valence-electron chi connectivity index (χ2n) is 4.27. The molecule has 5 nitrogen and oxygen atoms in total. The lowest BCUT2D eigenvalue weighted by atomic mass is 10.3. The number of aliphatic hydroxyl groups excluding tert-OH is 1. The smallest absolute Gasteiger partial charge is 0.298 e. The van der Waals surface area contributed by atoms with Crippen molar-refractivity contribution in [1.82, 2.24) is 4.98 Å². The molecule has 0 fully saturated rings. The molecule has 0 amide bonds. The number of Topliss-reactive ketones (excluding diaryl/α,β-unsaturated/α-hetero) is 1.